The average Bonchev–Trinajstić information content (AvgIpc) is 3.09. The van der Waals surface area contributed by atoms with E-state index in [9.17, 15) is 39.4 Å². The smallest absolute Gasteiger partial charge is 0.169 e. The van der Waals surface area contributed by atoms with Crippen LogP contribution in [0.5, 0.6) is 0 Å². The Hall–Kier alpha value is -3.07. The van der Waals surface area contributed by atoms with Gasteiger partial charge in [-0.15, -0.1) is 0 Å². The zero-order valence-corrected chi connectivity index (χ0v) is 24.0. The maximum atomic E-state index is 13.7. The number of hydrogen-bond donors (Lipinski definition) is 10. The first-order valence-corrected chi connectivity index (χ1v) is 14.3. The van der Waals surface area contributed by atoms with E-state index in [0.717, 1.165) is 16.1 Å². The lowest BCUT2D eigenvalue weighted by molar-refractivity contribution is -0.185. The minimum atomic E-state index is -1.62. The normalized spacial score (nSPS) is 31.9. The summed E-state index contributed by atoms with van der Waals surface area (Å²) in [6.45, 7) is -1.40. The van der Waals surface area contributed by atoms with Gasteiger partial charge in [-0.1, -0.05) is 36.0 Å². The van der Waals surface area contributed by atoms with Gasteiger partial charge in [0.05, 0.1) is 24.6 Å². The fourth-order valence-electron chi connectivity index (χ4n) is 4.69. The summed E-state index contributed by atoms with van der Waals surface area (Å²) in [6.07, 6.45) is -6.55. The van der Waals surface area contributed by atoms with Gasteiger partial charge < -0.3 is 56.6 Å². The lowest BCUT2D eigenvalue weighted by Gasteiger charge is -2.45. The molecule has 17 heteroatoms. The molecule has 2 fully saturated rings. The first kappa shape index (κ1) is 33.8. The molecule has 0 saturated carbocycles. The number of ether oxygens (including phenoxy) is 2. The Bertz CT molecular complexity index is 1330. The van der Waals surface area contributed by atoms with Gasteiger partial charge in [0.25, 0.3) is 0 Å². The molecular weight excluding hydrogens is 606 g/mol. The number of halogens is 2. The number of benzene rings is 2. The topological polar surface area (TPSA) is 236 Å². The van der Waals surface area contributed by atoms with E-state index >= 15 is 0 Å². The van der Waals surface area contributed by atoms with E-state index in [4.69, 9.17) is 26.8 Å². The van der Waals surface area contributed by atoms with Crippen LogP contribution in [0, 0.1) is 11.6 Å². The number of thioether (sulfide) groups is 1. The van der Waals surface area contributed by atoms with E-state index in [1.807, 2.05) is 0 Å². The summed E-state index contributed by atoms with van der Waals surface area (Å²) in [6, 6.07) is 9.40. The molecule has 0 aromatic heterocycles. The van der Waals surface area contributed by atoms with Crippen molar-refractivity contribution in [3.63, 3.8) is 0 Å². The SMILES string of the molecule is N/C(=C\N(N)C1C(O)C(CO)OC(SC2OC(CO)C(O)N(/C=C(\N)c3cccc(F)c3)NC2O)C1O)c1cccc(F)c1. The highest BCUT2D eigenvalue weighted by molar-refractivity contribution is 8.00. The first-order chi connectivity index (χ1) is 20.9. The van der Waals surface area contributed by atoms with Gasteiger partial charge >= 0.3 is 0 Å². The second-order valence-electron chi connectivity index (χ2n) is 10.1. The van der Waals surface area contributed by atoms with Crippen LogP contribution in [0.1, 0.15) is 11.1 Å². The highest BCUT2D eigenvalue weighted by Crippen LogP contribution is 2.35. The van der Waals surface area contributed by atoms with Crippen molar-refractivity contribution in [2.75, 3.05) is 13.2 Å². The Labute approximate surface area is 255 Å². The largest absolute Gasteiger partial charge is 0.397 e. The number of hydrazine groups is 2. The molecule has 2 aliphatic heterocycles. The second kappa shape index (κ2) is 14.8. The quantitative estimate of drug-likeness (QED) is 0.106. The molecule has 2 aromatic carbocycles. The summed E-state index contributed by atoms with van der Waals surface area (Å²) in [5.41, 5.74) is 12.7. The van der Waals surface area contributed by atoms with Crippen LogP contribution in [0.2, 0.25) is 0 Å². The number of aliphatic hydroxyl groups excluding tert-OH is 6. The molecule has 14 nitrogen and oxygen atoms in total. The number of nitrogens with zero attached hydrogens (tertiary/aromatic N) is 2. The van der Waals surface area contributed by atoms with Crippen molar-refractivity contribution in [3.8, 4) is 0 Å². The van der Waals surface area contributed by atoms with Crippen molar-refractivity contribution in [3.05, 3.63) is 83.7 Å². The maximum Gasteiger partial charge on any atom is 0.169 e. The summed E-state index contributed by atoms with van der Waals surface area (Å²) in [5, 5.41) is 65.6. The Morgan fingerprint density at radius 1 is 0.886 bits per heavy atom. The predicted molar refractivity (Wildman–Crippen MR) is 155 cm³/mol. The highest BCUT2D eigenvalue weighted by atomic mass is 32.2. The van der Waals surface area contributed by atoms with E-state index in [-0.39, 0.29) is 22.5 Å². The van der Waals surface area contributed by atoms with E-state index in [0.29, 0.717) is 11.8 Å². The van der Waals surface area contributed by atoms with Crippen molar-refractivity contribution >= 4 is 23.2 Å². The molecule has 13 N–H and O–H groups in total. The fourth-order valence-corrected chi connectivity index (χ4v) is 5.90. The second-order valence-corrected chi connectivity index (χ2v) is 11.3. The highest BCUT2D eigenvalue weighted by Gasteiger charge is 2.49. The van der Waals surface area contributed by atoms with E-state index in [2.05, 4.69) is 5.43 Å². The molecule has 44 heavy (non-hydrogen) atoms. The molecule has 0 amide bonds. The van der Waals surface area contributed by atoms with Crippen molar-refractivity contribution < 1.29 is 48.9 Å². The van der Waals surface area contributed by atoms with Crippen molar-refractivity contribution in [2.24, 2.45) is 17.3 Å². The Kier molecular flexibility index (Phi) is 11.4. The van der Waals surface area contributed by atoms with Crippen LogP contribution in [-0.2, 0) is 9.47 Å². The van der Waals surface area contributed by atoms with Crippen molar-refractivity contribution in [2.45, 2.75) is 53.8 Å². The summed E-state index contributed by atoms with van der Waals surface area (Å²) in [7, 11) is 0. The molecule has 0 bridgehead atoms. The maximum absolute atomic E-state index is 13.7. The molecule has 0 aliphatic carbocycles. The third-order valence-electron chi connectivity index (χ3n) is 6.99. The monoisotopic (exact) mass is 642 g/mol. The lowest BCUT2D eigenvalue weighted by atomic mass is 9.96. The van der Waals surface area contributed by atoms with Gasteiger partial charge in [-0.3, -0.25) is 5.01 Å². The molecule has 2 saturated heterocycles. The molecule has 2 heterocycles. The number of hydrogen-bond acceptors (Lipinski definition) is 15. The minimum absolute atomic E-state index is 0.00769. The molecule has 2 aromatic rings. The van der Waals surface area contributed by atoms with Gasteiger partial charge in [-0.05, 0) is 24.3 Å². The summed E-state index contributed by atoms with van der Waals surface area (Å²) < 4.78 is 38.8. The molecule has 9 unspecified atom stereocenters. The van der Waals surface area contributed by atoms with E-state index < -0.39 is 78.6 Å². The Morgan fingerprint density at radius 2 is 1.45 bits per heavy atom. The third-order valence-corrected chi connectivity index (χ3v) is 8.28. The Morgan fingerprint density at radius 3 is 2.02 bits per heavy atom. The standard InChI is InChI=1S/C27H36F2N6O8S/c28-15-5-1-3-13(7-15)17(30)9-34(32)21-22(38)19(11-36)42-26(23(21)39)44-27-24(40)33-35(25(41)20(12-37)43-27)10-18(31)14-4-2-6-16(29)8-14/h1-10,19-27,33,36-41H,11-12,30-32H2/b17-9-,18-10-. The van der Waals surface area contributed by atoms with Crippen molar-refractivity contribution in [1.82, 2.24) is 15.4 Å². The summed E-state index contributed by atoms with van der Waals surface area (Å²) in [5.74, 6) is 5.07. The van der Waals surface area contributed by atoms with Gasteiger partial charge in [0.1, 0.15) is 53.0 Å². The number of rotatable bonds is 9. The van der Waals surface area contributed by atoms with Gasteiger partial charge in [0, 0.05) is 23.5 Å². The average molecular weight is 643 g/mol. The van der Waals surface area contributed by atoms with Crippen LogP contribution < -0.4 is 22.7 Å². The van der Waals surface area contributed by atoms with Crippen molar-refractivity contribution in [1.29, 1.82) is 0 Å². The molecule has 0 radical (unpaired) electrons. The molecule has 0 spiro atoms. The zero-order chi connectivity index (χ0) is 32.1. The van der Waals surface area contributed by atoms with Gasteiger partial charge in [-0.2, -0.15) is 0 Å². The Balaban J connectivity index is 1.54. The van der Waals surface area contributed by atoms with Crippen LogP contribution in [0.25, 0.3) is 11.4 Å². The van der Waals surface area contributed by atoms with Gasteiger partial charge in [0.2, 0.25) is 0 Å². The molecule has 4 rings (SSSR count). The van der Waals surface area contributed by atoms with Gasteiger partial charge in [0.15, 0.2) is 12.5 Å². The van der Waals surface area contributed by atoms with E-state index in [1.54, 1.807) is 0 Å². The van der Waals surface area contributed by atoms with Crippen LogP contribution in [0.3, 0.4) is 0 Å². The summed E-state index contributed by atoms with van der Waals surface area (Å²) in [4.78, 5) is 0. The van der Waals surface area contributed by atoms with Crippen LogP contribution in [-0.4, -0.2) is 108 Å². The lowest BCUT2D eigenvalue weighted by Crippen LogP contribution is -2.64. The van der Waals surface area contributed by atoms with E-state index in [1.165, 1.54) is 54.9 Å². The number of nitrogens with one attached hydrogen (secondary N) is 1. The predicted octanol–water partition coefficient (Wildman–Crippen LogP) is -1.94. The minimum Gasteiger partial charge on any atom is -0.397 e. The number of aliphatic hydroxyl groups is 6. The fraction of sp³-hybridized carbons (Fsp3) is 0.407. The van der Waals surface area contributed by atoms with Crippen LogP contribution in [0.4, 0.5) is 8.78 Å². The molecular formula is C27H36F2N6O8S. The van der Waals surface area contributed by atoms with Gasteiger partial charge in [-0.25, -0.2) is 20.0 Å². The van der Waals surface area contributed by atoms with Crippen LogP contribution >= 0.6 is 11.8 Å². The molecule has 242 valence electrons. The zero-order valence-electron chi connectivity index (χ0n) is 23.2. The summed E-state index contributed by atoms with van der Waals surface area (Å²) >= 11 is 0.708. The number of nitrogens with two attached hydrogens (primary N) is 3. The van der Waals surface area contributed by atoms with Crippen LogP contribution in [0.15, 0.2) is 60.9 Å². The molecule has 9 atom stereocenters. The first-order valence-electron chi connectivity index (χ1n) is 13.4. The molecule has 2 aliphatic rings. The third kappa shape index (κ3) is 7.76.